The maximum absolute atomic E-state index is 12.7. The van der Waals surface area contributed by atoms with E-state index < -0.39 is 0 Å². The highest BCUT2D eigenvalue weighted by atomic mass is 16.5. The van der Waals surface area contributed by atoms with Gasteiger partial charge in [0.25, 0.3) is 5.91 Å². The summed E-state index contributed by atoms with van der Waals surface area (Å²) >= 11 is 0. The number of rotatable bonds is 5. The van der Waals surface area contributed by atoms with E-state index in [9.17, 15) is 4.79 Å². The molecular weight excluding hydrogens is 366 g/mol. The van der Waals surface area contributed by atoms with Crippen molar-refractivity contribution in [2.75, 3.05) is 49.2 Å². The zero-order valence-corrected chi connectivity index (χ0v) is 16.8. The van der Waals surface area contributed by atoms with Crippen LogP contribution < -0.4 is 15.1 Å². The fraction of sp³-hybridized carbons (Fsp3) is 0.545. The third-order valence-electron chi connectivity index (χ3n) is 6.26. The Morgan fingerprint density at radius 3 is 2.41 bits per heavy atom. The molecule has 1 aromatic carbocycles. The molecule has 0 radical (unpaired) electrons. The Bertz CT molecular complexity index is 831. The van der Waals surface area contributed by atoms with Gasteiger partial charge in [-0.2, -0.15) is 5.10 Å². The van der Waals surface area contributed by atoms with Crippen LogP contribution in [0.2, 0.25) is 0 Å². The number of aromatic nitrogens is 2. The predicted octanol–water partition coefficient (Wildman–Crippen LogP) is 2.52. The lowest BCUT2D eigenvalue weighted by atomic mass is 10.0. The number of morpholine rings is 1. The Hall–Kier alpha value is -2.54. The molecule has 1 aromatic heterocycles. The number of amides is 1. The number of hydrogen-bond donors (Lipinski definition) is 2. The van der Waals surface area contributed by atoms with E-state index in [1.165, 1.54) is 18.5 Å². The Labute approximate surface area is 171 Å². The molecule has 0 atom stereocenters. The molecule has 3 aliphatic rings. The van der Waals surface area contributed by atoms with Crippen molar-refractivity contribution < 1.29 is 9.53 Å². The number of nitrogens with one attached hydrogen (secondary N) is 2. The molecule has 154 valence electrons. The second kappa shape index (κ2) is 8.06. The van der Waals surface area contributed by atoms with Crippen molar-refractivity contribution in [3.05, 3.63) is 41.6 Å². The molecule has 2 aliphatic heterocycles. The van der Waals surface area contributed by atoms with E-state index in [0.29, 0.717) is 5.92 Å². The van der Waals surface area contributed by atoms with Gasteiger partial charge in [0.1, 0.15) is 0 Å². The van der Waals surface area contributed by atoms with Crippen LogP contribution >= 0.6 is 0 Å². The first kappa shape index (κ1) is 18.5. The second-order valence-electron chi connectivity index (χ2n) is 8.34. The fourth-order valence-electron chi connectivity index (χ4n) is 4.26. The minimum atomic E-state index is 0.0211. The molecule has 1 amide bonds. The Kier molecular flexibility index (Phi) is 5.14. The number of benzene rings is 1. The van der Waals surface area contributed by atoms with Crippen LogP contribution in [0.3, 0.4) is 0 Å². The van der Waals surface area contributed by atoms with E-state index >= 15 is 0 Å². The largest absolute Gasteiger partial charge is 0.378 e. The highest BCUT2D eigenvalue weighted by molar-refractivity contribution is 5.94. The molecule has 29 heavy (non-hydrogen) atoms. The Morgan fingerprint density at radius 2 is 1.72 bits per heavy atom. The van der Waals surface area contributed by atoms with Crippen LogP contribution in [0, 0.1) is 0 Å². The summed E-state index contributed by atoms with van der Waals surface area (Å²) in [6.07, 6.45) is 4.46. The van der Waals surface area contributed by atoms with Crippen LogP contribution in [-0.4, -0.2) is 61.5 Å². The van der Waals surface area contributed by atoms with Crippen molar-refractivity contribution in [3.63, 3.8) is 0 Å². The van der Waals surface area contributed by atoms with E-state index in [2.05, 4.69) is 31.4 Å². The van der Waals surface area contributed by atoms with Gasteiger partial charge in [-0.15, -0.1) is 0 Å². The lowest BCUT2D eigenvalue weighted by molar-refractivity contribution is 0.0931. The molecule has 3 heterocycles. The SMILES string of the molecule is O=C(NC1CCN(c2cc(C3CC3)[nH]n2)CC1)c1ccc(N2CCOCC2)cc1. The molecule has 2 saturated heterocycles. The second-order valence-corrected chi connectivity index (χ2v) is 8.34. The number of ether oxygens (including phenoxy) is 1. The van der Waals surface area contributed by atoms with Crippen LogP contribution in [0.1, 0.15) is 47.7 Å². The first-order valence-corrected chi connectivity index (χ1v) is 10.8. The van der Waals surface area contributed by atoms with Crippen molar-refractivity contribution in [1.29, 1.82) is 0 Å². The van der Waals surface area contributed by atoms with Crippen LogP contribution in [0.15, 0.2) is 30.3 Å². The number of H-pyrrole nitrogens is 1. The van der Waals surface area contributed by atoms with E-state index in [1.807, 2.05) is 24.3 Å². The average Bonchev–Trinajstić information content (AvgIpc) is 3.52. The third kappa shape index (κ3) is 4.24. The van der Waals surface area contributed by atoms with Crippen molar-refractivity contribution in [3.8, 4) is 0 Å². The Morgan fingerprint density at radius 1 is 1.00 bits per heavy atom. The highest BCUT2D eigenvalue weighted by Crippen LogP contribution is 2.40. The zero-order valence-electron chi connectivity index (χ0n) is 16.8. The van der Waals surface area contributed by atoms with Gasteiger partial charge >= 0.3 is 0 Å². The molecule has 0 spiro atoms. The summed E-state index contributed by atoms with van der Waals surface area (Å²) in [4.78, 5) is 17.3. The number of carbonyl (C=O) groups is 1. The van der Waals surface area contributed by atoms with Gasteiger partial charge in [0.15, 0.2) is 5.82 Å². The summed E-state index contributed by atoms with van der Waals surface area (Å²) < 4.78 is 5.40. The Balaban J connectivity index is 1.12. The molecule has 0 bridgehead atoms. The van der Waals surface area contributed by atoms with Gasteiger partial charge in [-0.05, 0) is 49.9 Å². The first-order chi connectivity index (χ1) is 14.3. The number of nitrogens with zero attached hydrogens (tertiary/aromatic N) is 3. The van der Waals surface area contributed by atoms with Gasteiger partial charge in [-0.25, -0.2) is 0 Å². The van der Waals surface area contributed by atoms with Crippen LogP contribution in [0.4, 0.5) is 11.5 Å². The summed E-state index contributed by atoms with van der Waals surface area (Å²) in [6.45, 7) is 5.19. The molecule has 3 fully saturated rings. The predicted molar refractivity (Wildman–Crippen MR) is 113 cm³/mol. The maximum atomic E-state index is 12.7. The summed E-state index contributed by atoms with van der Waals surface area (Å²) in [5, 5.41) is 10.9. The van der Waals surface area contributed by atoms with E-state index in [0.717, 1.165) is 69.3 Å². The number of piperidine rings is 1. The van der Waals surface area contributed by atoms with Gasteiger partial charge in [-0.1, -0.05) is 0 Å². The number of aromatic amines is 1. The normalized spacial score (nSPS) is 20.7. The zero-order chi connectivity index (χ0) is 19.6. The molecule has 5 rings (SSSR count). The monoisotopic (exact) mass is 395 g/mol. The number of hydrogen-bond acceptors (Lipinski definition) is 5. The van der Waals surface area contributed by atoms with Crippen molar-refractivity contribution >= 4 is 17.4 Å². The van der Waals surface area contributed by atoms with E-state index in [-0.39, 0.29) is 11.9 Å². The summed E-state index contributed by atoms with van der Waals surface area (Å²) in [5.41, 5.74) is 3.16. The highest BCUT2D eigenvalue weighted by Gasteiger charge is 2.28. The molecule has 7 nitrogen and oxygen atoms in total. The smallest absolute Gasteiger partial charge is 0.251 e. The molecule has 1 saturated carbocycles. The minimum absolute atomic E-state index is 0.0211. The van der Waals surface area contributed by atoms with Gasteiger partial charge in [-0.3, -0.25) is 9.89 Å². The summed E-state index contributed by atoms with van der Waals surface area (Å²) in [5.74, 6) is 1.77. The van der Waals surface area contributed by atoms with E-state index in [4.69, 9.17) is 4.74 Å². The van der Waals surface area contributed by atoms with Gasteiger partial charge in [0.2, 0.25) is 0 Å². The molecule has 7 heteroatoms. The fourth-order valence-corrected chi connectivity index (χ4v) is 4.26. The molecule has 0 unspecified atom stereocenters. The van der Waals surface area contributed by atoms with Gasteiger partial charge < -0.3 is 19.9 Å². The van der Waals surface area contributed by atoms with Crippen molar-refractivity contribution in [2.24, 2.45) is 0 Å². The van der Waals surface area contributed by atoms with Crippen LogP contribution in [0.25, 0.3) is 0 Å². The van der Waals surface area contributed by atoms with Crippen molar-refractivity contribution in [2.45, 2.75) is 37.6 Å². The van der Waals surface area contributed by atoms with Crippen molar-refractivity contribution in [1.82, 2.24) is 15.5 Å². The standard InChI is InChI=1S/C22H29N5O2/c28-22(17-3-5-19(6-4-17)26-11-13-29-14-12-26)23-18-7-9-27(10-8-18)21-15-20(24-25-21)16-1-2-16/h3-6,15-16,18H,1-2,7-14H2,(H,23,28)(H,24,25). The van der Waals surface area contributed by atoms with Gasteiger partial charge in [0, 0.05) is 61.1 Å². The lowest BCUT2D eigenvalue weighted by Gasteiger charge is -2.32. The van der Waals surface area contributed by atoms with Crippen LogP contribution in [0.5, 0.6) is 0 Å². The maximum Gasteiger partial charge on any atom is 0.251 e. The third-order valence-corrected chi connectivity index (χ3v) is 6.26. The lowest BCUT2D eigenvalue weighted by Crippen LogP contribution is -2.44. The average molecular weight is 396 g/mol. The summed E-state index contributed by atoms with van der Waals surface area (Å²) in [7, 11) is 0. The van der Waals surface area contributed by atoms with Crippen LogP contribution in [-0.2, 0) is 4.74 Å². The molecular formula is C22H29N5O2. The van der Waals surface area contributed by atoms with E-state index in [1.54, 1.807) is 0 Å². The topological polar surface area (TPSA) is 73.5 Å². The molecule has 1 aliphatic carbocycles. The number of carbonyl (C=O) groups excluding carboxylic acids is 1. The summed E-state index contributed by atoms with van der Waals surface area (Å²) in [6, 6.07) is 10.4. The minimum Gasteiger partial charge on any atom is -0.378 e. The molecule has 2 N–H and O–H groups in total. The molecule has 2 aromatic rings. The first-order valence-electron chi connectivity index (χ1n) is 10.8. The quantitative estimate of drug-likeness (QED) is 0.814. The number of anilines is 2. The van der Waals surface area contributed by atoms with Gasteiger partial charge in [0.05, 0.1) is 13.2 Å².